The van der Waals surface area contributed by atoms with Gasteiger partial charge in [-0.2, -0.15) is 0 Å². The second kappa shape index (κ2) is 5.77. The third kappa shape index (κ3) is 3.37. The molecular formula is C13H23N3O3. The molecule has 2 heterocycles. The molecule has 0 radical (unpaired) electrons. The lowest BCUT2D eigenvalue weighted by Gasteiger charge is -2.18. The van der Waals surface area contributed by atoms with Gasteiger partial charge >= 0.3 is 12.0 Å². The molecule has 1 unspecified atom stereocenters. The number of urea groups is 1. The van der Waals surface area contributed by atoms with Crippen LogP contribution in [0, 0.1) is 17.8 Å². The number of carbonyl (C=O) groups excluding carboxylic acids is 1. The topological polar surface area (TPSA) is 72.9 Å². The van der Waals surface area contributed by atoms with Crippen molar-refractivity contribution < 1.29 is 14.7 Å². The Morgan fingerprint density at radius 3 is 2.58 bits per heavy atom. The van der Waals surface area contributed by atoms with Crippen molar-refractivity contribution in [2.75, 3.05) is 39.8 Å². The normalized spacial score (nSPS) is 31.7. The van der Waals surface area contributed by atoms with E-state index in [1.807, 2.05) is 6.92 Å². The van der Waals surface area contributed by atoms with Crippen LogP contribution in [0.1, 0.15) is 13.3 Å². The van der Waals surface area contributed by atoms with E-state index in [1.165, 1.54) is 0 Å². The second-order valence-electron chi connectivity index (χ2n) is 5.93. The van der Waals surface area contributed by atoms with Gasteiger partial charge in [0.25, 0.3) is 0 Å². The first-order chi connectivity index (χ1) is 8.97. The molecule has 0 aromatic rings. The minimum atomic E-state index is -0.805. The molecule has 0 saturated carbocycles. The Hall–Kier alpha value is -1.30. The van der Waals surface area contributed by atoms with Crippen molar-refractivity contribution in [3.8, 4) is 0 Å². The lowest BCUT2D eigenvalue weighted by atomic mass is 9.99. The highest BCUT2D eigenvalue weighted by Gasteiger charge is 2.37. The fourth-order valence-corrected chi connectivity index (χ4v) is 2.99. The number of nitrogens with zero attached hydrogens (tertiary/aromatic N) is 2. The van der Waals surface area contributed by atoms with Crippen LogP contribution in [0.4, 0.5) is 4.79 Å². The van der Waals surface area contributed by atoms with Crippen molar-refractivity contribution in [3.05, 3.63) is 0 Å². The zero-order chi connectivity index (χ0) is 14.0. The van der Waals surface area contributed by atoms with Gasteiger partial charge in [-0.05, 0) is 31.8 Å². The molecule has 6 nitrogen and oxygen atoms in total. The first kappa shape index (κ1) is 14.1. The molecule has 108 valence electrons. The third-order valence-electron chi connectivity index (χ3n) is 4.25. The molecule has 2 N–H and O–H groups in total. The number of rotatable bonds is 3. The minimum Gasteiger partial charge on any atom is -0.481 e. The molecule has 2 saturated heterocycles. The van der Waals surface area contributed by atoms with Gasteiger partial charge in [-0.3, -0.25) is 4.79 Å². The van der Waals surface area contributed by atoms with Crippen LogP contribution in [-0.2, 0) is 4.79 Å². The lowest BCUT2D eigenvalue weighted by Crippen LogP contribution is -2.41. The van der Waals surface area contributed by atoms with Crippen LogP contribution in [0.25, 0.3) is 0 Å². The molecule has 2 amide bonds. The Morgan fingerprint density at radius 1 is 1.32 bits per heavy atom. The maximum Gasteiger partial charge on any atom is 0.317 e. The van der Waals surface area contributed by atoms with E-state index in [0.29, 0.717) is 25.6 Å². The third-order valence-corrected chi connectivity index (χ3v) is 4.25. The second-order valence-corrected chi connectivity index (χ2v) is 5.93. The first-order valence-corrected chi connectivity index (χ1v) is 6.91. The van der Waals surface area contributed by atoms with Gasteiger partial charge in [0.15, 0.2) is 0 Å². The van der Waals surface area contributed by atoms with Crippen LogP contribution in [0.5, 0.6) is 0 Å². The van der Waals surface area contributed by atoms with Gasteiger partial charge < -0.3 is 20.2 Å². The molecule has 0 aliphatic carbocycles. The predicted octanol–water partition coefficient (Wildman–Crippen LogP) is 0.300. The average molecular weight is 269 g/mol. The van der Waals surface area contributed by atoms with E-state index in [-0.39, 0.29) is 11.9 Å². The summed E-state index contributed by atoms with van der Waals surface area (Å²) in [6.45, 7) is 5.54. The fraction of sp³-hybridized carbons (Fsp3) is 0.846. The van der Waals surface area contributed by atoms with Crippen molar-refractivity contribution >= 4 is 12.0 Å². The zero-order valence-electron chi connectivity index (χ0n) is 11.6. The van der Waals surface area contributed by atoms with Gasteiger partial charge in [-0.1, -0.05) is 6.92 Å². The number of carboxylic acid groups (broad SMARTS) is 1. The van der Waals surface area contributed by atoms with E-state index >= 15 is 0 Å². The summed E-state index contributed by atoms with van der Waals surface area (Å²) in [6, 6.07) is -0.120. The van der Waals surface area contributed by atoms with E-state index in [4.69, 9.17) is 5.11 Å². The number of carboxylic acids is 1. The number of aliphatic carboxylic acids is 1. The molecule has 6 heteroatoms. The number of likely N-dealkylation sites (tertiary alicyclic amines) is 2. The minimum absolute atomic E-state index is 0.0286. The van der Waals surface area contributed by atoms with E-state index in [0.717, 1.165) is 19.5 Å². The zero-order valence-corrected chi connectivity index (χ0v) is 11.6. The van der Waals surface area contributed by atoms with Gasteiger partial charge in [0.1, 0.15) is 0 Å². The van der Waals surface area contributed by atoms with Gasteiger partial charge in [-0.25, -0.2) is 4.79 Å². The molecular weight excluding hydrogens is 246 g/mol. The molecule has 3 atom stereocenters. The maximum absolute atomic E-state index is 12.0. The molecule has 0 bridgehead atoms. The van der Waals surface area contributed by atoms with E-state index in [1.54, 1.807) is 4.90 Å². The summed E-state index contributed by atoms with van der Waals surface area (Å²) in [6.07, 6.45) is 1.12. The molecule has 2 rings (SSSR count). The largest absolute Gasteiger partial charge is 0.481 e. The van der Waals surface area contributed by atoms with E-state index in [2.05, 4.69) is 17.3 Å². The highest BCUT2D eigenvalue weighted by molar-refractivity contribution is 5.77. The Kier molecular flexibility index (Phi) is 4.29. The summed E-state index contributed by atoms with van der Waals surface area (Å²) in [7, 11) is 2.08. The van der Waals surface area contributed by atoms with Gasteiger partial charge in [0, 0.05) is 26.2 Å². The van der Waals surface area contributed by atoms with E-state index < -0.39 is 11.9 Å². The number of amides is 2. The van der Waals surface area contributed by atoms with Gasteiger partial charge in [-0.15, -0.1) is 0 Å². The van der Waals surface area contributed by atoms with Crippen molar-refractivity contribution in [1.29, 1.82) is 0 Å². The number of nitrogens with one attached hydrogen (secondary N) is 1. The molecule has 2 aliphatic heterocycles. The molecule has 2 aliphatic rings. The highest BCUT2D eigenvalue weighted by Crippen LogP contribution is 2.23. The first-order valence-electron chi connectivity index (χ1n) is 6.91. The van der Waals surface area contributed by atoms with Crippen LogP contribution in [0.3, 0.4) is 0 Å². The monoisotopic (exact) mass is 269 g/mol. The van der Waals surface area contributed by atoms with Gasteiger partial charge in [0.05, 0.1) is 5.92 Å². The smallest absolute Gasteiger partial charge is 0.317 e. The average Bonchev–Trinajstić information content (AvgIpc) is 2.92. The highest BCUT2D eigenvalue weighted by atomic mass is 16.4. The number of hydrogen-bond donors (Lipinski definition) is 2. The quantitative estimate of drug-likeness (QED) is 0.773. The standard InChI is InChI=1S/C13H23N3O3/c1-9-6-16(8-11(9)12(17)18)13(19)14-5-10-3-4-15(2)7-10/h9-11H,3-8H2,1-2H3,(H,14,19)(H,17,18)/t9-,10?,11-/m1/s1. The summed E-state index contributed by atoms with van der Waals surface area (Å²) < 4.78 is 0. The summed E-state index contributed by atoms with van der Waals surface area (Å²) in [4.78, 5) is 26.9. The molecule has 0 aromatic heterocycles. The Morgan fingerprint density at radius 2 is 2.05 bits per heavy atom. The van der Waals surface area contributed by atoms with Crippen molar-refractivity contribution in [3.63, 3.8) is 0 Å². The van der Waals surface area contributed by atoms with Crippen molar-refractivity contribution in [2.45, 2.75) is 13.3 Å². The Balaban J connectivity index is 1.76. The molecule has 2 fully saturated rings. The van der Waals surface area contributed by atoms with Crippen LogP contribution < -0.4 is 5.32 Å². The van der Waals surface area contributed by atoms with Crippen LogP contribution in [0.15, 0.2) is 0 Å². The van der Waals surface area contributed by atoms with Crippen LogP contribution in [0.2, 0.25) is 0 Å². The maximum atomic E-state index is 12.0. The Bertz CT molecular complexity index is 361. The van der Waals surface area contributed by atoms with Gasteiger partial charge in [0.2, 0.25) is 0 Å². The molecule has 19 heavy (non-hydrogen) atoms. The SMILES string of the molecule is C[C@@H]1CN(C(=O)NCC2CCN(C)C2)C[C@H]1C(=O)O. The summed E-state index contributed by atoms with van der Waals surface area (Å²) in [5.74, 6) is -0.686. The number of carbonyl (C=O) groups is 2. The lowest BCUT2D eigenvalue weighted by molar-refractivity contribution is -0.142. The fourth-order valence-electron chi connectivity index (χ4n) is 2.99. The summed E-state index contributed by atoms with van der Waals surface area (Å²) >= 11 is 0. The van der Waals surface area contributed by atoms with Crippen molar-refractivity contribution in [2.24, 2.45) is 17.8 Å². The molecule has 0 spiro atoms. The van der Waals surface area contributed by atoms with Crippen LogP contribution >= 0.6 is 0 Å². The summed E-state index contributed by atoms with van der Waals surface area (Å²) in [5, 5.41) is 12.0. The Labute approximate surface area is 113 Å². The van der Waals surface area contributed by atoms with Crippen molar-refractivity contribution in [1.82, 2.24) is 15.1 Å². The van der Waals surface area contributed by atoms with E-state index in [9.17, 15) is 9.59 Å². The molecule has 0 aromatic carbocycles. The predicted molar refractivity (Wildman–Crippen MR) is 70.9 cm³/mol. The summed E-state index contributed by atoms with van der Waals surface area (Å²) in [5.41, 5.74) is 0. The number of hydrogen-bond acceptors (Lipinski definition) is 3. The van der Waals surface area contributed by atoms with Crippen LogP contribution in [-0.4, -0.2) is 66.7 Å².